The largest absolute Gasteiger partial charge is 0.378 e. The Balaban J connectivity index is 2.33. The molecule has 3 heteroatoms. The standard InChI is InChI=1S/C15H28N2O/c1-4-13-8-6-7-9-14(13)18-11-10-15(3,12-16)17-5-2/h13-14,17H,4-11H2,1-3H3. The second-order valence-electron chi connectivity index (χ2n) is 5.59. The molecule has 0 spiro atoms. The van der Waals surface area contributed by atoms with Crippen molar-refractivity contribution in [3.05, 3.63) is 0 Å². The molecule has 3 nitrogen and oxygen atoms in total. The molecule has 0 aromatic carbocycles. The fourth-order valence-electron chi connectivity index (χ4n) is 2.85. The fourth-order valence-corrected chi connectivity index (χ4v) is 2.85. The van der Waals surface area contributed by atoms with Gasteiger partial charge in [-0.1, -0.05) is 33.1 Å². The Hall–Kier alpha value is -0.590. The first kappa shape index (κ1) is 15.5. The number of nitrogens with zero attached hydrogens (tertiary/aromatic N) is 1. The van der Waals surface area contributed by atoms with Crippen LogP contribution in [0.15, 0.2) is 0 Å². The minimum Gasteiger partial charge on any atom is -0.378 e. The van der Waals surface area contributed by atoms with Gasteiger partial charge in [0.05, 0.1) is 12.2 Å². The summed E-state index contributed by atoms with van der Waals surface area (Å²) in [5, 5.41) is 12.4. The van der Waals surface area contributed by atoms with Gasteiger partial charge in [-0.05, 0) is 32.2 Å². The quantitative estimate of drug-likeness (QED) is 0.756. The molecule has 0 aromatic heterocycles. The van der Waals surface area contributed by atoms with E-state index in [4.69, 9.17) is 4.74 Å². The molecular formula is C15H28N2O. The zero-order valence-corrected chi connectivity index (χ0v) is 12.2. The Morgan fingerprint density at radius 2 is 2.06 bits per heavy atom. The normalized spacial score (nSPS) is 27.4. The van der Waals surface area contributed by atoms with E-state index in [1.165, 1.54) is 32.1 Å². The summed E-state index contributed by atoms with van der Waals surface area (Å²) in [5.74, 6) is 0.728. The highest BCUT2D eigenvalue weighted by Crippen LogP contribution is 2.29. The minimum atomic E-state index is -0.439. The molecule has 18 heavy (non-hydrogen) atoms. The Morgan fingerprint density at radius 3 is 2.67 bits per heavy atom. The maximum absolute atomic E-state index is 9.18. The van der Waals surface area contributed by atoms with Crippen LogP contribution in [0.1, 0.15) is 59.3 Å². The van der Waals surface area contributed by atoms with Crippen LogP contribution >= 0.6 is 0 Å². The second kappa shape index (κ2) is 7.76. The molecule has 0 radical (unpaired) electrons. The molecular weight excluding hydrogens is 224 g/mol. The minimum absolute atomic E-state index is 0.424. The van der Waals surface area contributed by atoms with E-state index in [9.17, 15) is 5.26 Å². The first-order valence-corrected chi connectivity index (χ1v) is 7.43. The molecule has 1 rings (SSSR count). The van der Waals surface area contributed by atoms with Crippen LogP contribution in [0.5, 0.6) is 0 Å². The third-order valence-corrected chi connectivity index (χ3v) is 4.11. The SMILES string of the molecule is CCNC(C)(C#N)CCOC1CCCCC1CC. The van der Waals surface area contributed by atoms with Crippen LogP contribution < -0.4 is 5.32 Å². The molecule has 0 aliphatic heterocycles. The molecule has 3 atom stereocenters. The lowest BCUT2D eigenvalue weighted by Crippen LogP contribution is -2.42. The summed E-state index contributed by atoms with van der Waals surface area (Å²) in [7, 11) is 0. The zero-order chi connectivity index (χ0) is 13.4. The first-order valence-electron chi connectivity index (χ1n) is 7.43. The van der Waals surface area contributed by atoms with E-state index in [2.05, 4.69) is 18.3 Å². The van der Waals surface area contributed by atoms with Crippen LogP contribution in [0.25, 0.3) is 0 Å². The van der Waals surface area contributed by atoms with E-state index in [1.54, 1.807) is 0 Å². The van der Waals surface area contributed by atoms with Crippen molar-refractivity contribution in [1.29, 1.82) is 5.26 Å². The maximum atomic E-state index is 9.18. The van der Waals surface area contributed by atoms with Crippen molar-refractivity contribution in [2.45, 2.75) is 70.9 Å². The van der Waals surface area contributed by atoms with E-state index in [-0.39, 0.29) is 0 Å². The highest BCUT2D eigenvalue weighted by atomic mass is 16.5. The summed E-state index contributed by atoms with van der Waals surface area (Å²) in [6, 6.07) is 2.35. The van der Waals surface area contributed by atoms with Gasteiger partial charge in [0.25, 0.3) is 0 Å². The highest BCUT2D eigenvalue weighted by molar-refractivity contribution is 5.03. The fraction of sp³-hybridized carbons (Fsp3) is 0.933. The van der Waals surface area contributed by atoms with E-state index in [0.717, 1.165) is 18.9 Å². The molecule has 3 unspecified atom stereocenters. The summed E-state index contributed by atoms with van der Waals surface area (Å²) in [5.41, 5.74) is -0.439. The molecule has 1 aliphatic carbocycles. The average molecular weight is 252 g/mol. The van der Waals surface area contributed by atoms with Crippen molar-refractivity contribution < 1.29 is 4.74 Å². The molecule has 1 saturated carbocycles. The molecule has 0 heterocycles. The summed E-state index contributed by atoms with van der Waals surface area (Å²) < 4.78 is 6.04. The van der Waals surface area contributed by atoms with Crippen LogP contribution in [0, 0.1) is 17.2 Å². The molecule has 0 amide bonds. The lowest BCUT2D eigenvalue weighted by Gasteiger charge is -2.32. The first-order chi connectivity index (χ1) is 8.65. The summed E-state index contributed by atoms with van der Waals surface area (Å²) in [6.07, 6.45) is 7.56. The summed E-state index contributed by atoms with van der Waals surface area (Å²) in [6.45, 7) is 7.76. The monoisotopic (exact) mass is 252 g/mol. The van der Waals surface area contributed by atoms with Crippen LogP contribution in [-0.4, -0.2) is 24.8 Å². The van der Waals surface area contributed by atoms with Crippen molar-refractivity contribution in [2.24, 2.45) is 5.92 Å². The van der Waals surface area contributed by atoms with Gasteiger partial charge in [-0.2, -0.15) is 5.26 Å². The van der Waals surface area contributed by atoms with Gasteiger partial charge in [-0.3, -0.25) is 5.32 Å². The van der Waals surface area contributed by atoms with Crippen molar-refractivity contribution in [3.63, 3.8) is 0 Å². The lowest BCUT2D eigenvalue weighted by atomic mass is 9.84. The van der Waals surface area contributed by atoms with Gasteiger partial charge < -0.3 is 4.74 Å². The van der Waals surface area contributed by atoms with E-state index in [0.29, 0.717) is 12.7 Å². The smallest absolute Gasteiger partial charge is 0.106 e. The molecule has 1 fully saturated rings. The summed E-state index contributed by atoms with van der Waals surface area (Å²) >= 11 is 0. The third kappa shape index (κ3) is 4.59. The maximum Gasteiger partial charge on any atom is 0.106 e. The molecule has 0 bridgehead atoms. The number of hydrogen-bond donors (Lipinski definition) is 1. The number of ether oxygens (including phenoxy) is 1. The third-order valence-electron chi connectivity index (χ3n) is 4.11. The number of nitrogens with one attached hydrogen (secondary N) is 1. The average Bonchev–Trinajstić information content (AvgIpc) is 2.39. The Bertz CT molecular complexity index is 274. The molecule has 1 N–H and O–H groups in total. The Kier molecular flexibility index (Phi) is 6.67. The van der Waals surface area contributed by atoms with Crippen LogP contribution in [-0.2, 0) is 4.74 Å². The number of rotatable bonds is 7. The highest BCUT2D eigenvalue weighted by Gasteiger charge is 2.26. The van der Waals surface area contributed by atoms with Gasteiger partial charge in [-0.25, -0.2) is 0 Å². The van der Waals surface area contributed by atoms with Crippen LogP contribution in [0.4, 0.5) is 0 Å². The Labute approximate surface area is 112 Å². The van der Waals surface area contributed by atoms with Gasteiger partial charge >= 0.3 is 0 Å². The number of nitriles is 1. The predicted molar refractivity (Wildman–Crippen MR) is 74.3 cm³/mol. The van der Waals surface area contributed by atoms with Crippen molar-refractivity contribution >= 4 is 0 Å². The zero-order valence-electron chi connectivity index (χ0n) is 12.2. The van der Waals surface area contributed by atoms with Crippen molar-refractivity contribution in [3.8, 4) is 6.07 Å². The van der Waals surface area contributed by atoms with Gasteiger partial charge in [-0.15, -0.1) is 0 Å². The topological polar surface area (TPSA) is 45.0 Å². The molecule has 0 saturated heterocycles. The van der Waals surface area contributed by atoms with E-state index >= 15 is 0 Å². The molecule has 104 valence electrons. The van der Waals surface area contributed by atoms with Crippen molar-refractivity contribution in [2.75, 3.05) is 13.2 Å². The van der Waals surface area contributed by atoms with E-state index in [1.807, 2.05) is 13.8 Å². The van der Waals surface area contributed by atoms with E-state index < -0.39 is 5.54 Å². The van der Waals surface area contributed by atoms with Gasteiger partial charge in [0, 0.05) is 13.0 Å². The van der Waals surface area contributed by atoms with Gasteiger partial charge in [0.15, 0.2) is 0 Å². The molecule has 0 aromatic rings. The Morgan fingerprint density at radius 1 is 1.33 bits per heavy atom. The van der Waals surface area contributed by atoms with Crippen LogP contribution in [0.3, 0.4) is 0 Å². The predicted octanol–water partition coefficient (Wildman–Crippen LogP) is 3.25. The summed E-state index contributed by atoms with van der Waals surface area (Å²) in [4.78, 5) is 0. The number of hydrogen-bond acceptors (Lipinski definition) is 3. The second-order valence-corrected chi connectivity index (χ2v) is 5.59. The van der Waals surface area contributed by atoms with Crippen LogP contribution in [0.2, 0.25) is 0 Å². The molecule has 1 aliphatic rings. The van der Waals surface area contributed by atoms with Gasteiger partial charge in [0.1, 0.15) is 5.54 Å². The van der Waals surface area contributed by atoms with Crippen molar-refractivity contribution in [1.82, 2.24) is 5.32 Å². The van der Waals surface area contributed by atoms with Gasteiger partial charge in [0.2, 0.25) is 0 Å². The lowest BCUT2D eigenvalue weighted by molar-refractivity contribution is -0.0173.